The lowest BCUT2D eigenvalue weighted by Gasteiger charge is -2.09. The van der Waals surface area contributed by atoms with Crippen LogP contribution in [-0.4, -0.2) is 31.1 Å². The summed E-state index contributed by atoms with van der Waals surface area (Å²) in [6.07, 6.45) is 4.70. The van der Waals surface area contributed by atoms with Crippen LogP contribution in [0.4, 0.5) is 10.1 Å². The summed E-state index contributed by atoms with van der Waals surface area (Å²) in [5, 5.41) is 6.16. The number of carbonyl (C=O) groups is 1. The zero-order valence-corrected chi connectivity index (χ0v) is 16.3. The van der Waals surface area contributed by atoms with E-state index in [9.17, 15) is 9.18 Å². The third-order valence-electron chi connectivity index (χ3n) is 4.49. The number of nitrogens with one attached hydrogen (secondary N) is 2. The van der Waals surface area contributed by atoms with E-state index < -0.39 is 0 Å². The monoisotopic (exact) mass is 393 g/mol. The van der Waals surface area contributed by atoms with Gasteiger partial charge in [-0.3, -0.25) is 9.78 Å². The van der Waals surface area contributed by atoms with Gasteiger partial charge in [0.1, 0.15) is 11.6 Å². The molecule has 0 saturated heterocycles. The molecule has 2 N–H and O–H groups in total. The molecule has 2 aromatic carbocycles. The number of anilines is 1. The van der Waals surface area contributed by atoms with E-state index >= 15 is 0 Å². The Hall–Kier alpha value is -3.41. The number of benzene rings is 2. The predicted molar refractivity (Wildman–Crippen MR) is 112 cm³/mol. The maximum Gasteiger partial charge on any atom is 0.252 e. The summed E-state index contributed by atoms with van der Waals surface area (Å²) in [5.41, 5.74) is 3.42. The van der Waals surface area contributed by atoms with E-state index in [1.54, 1.807) is 37.7 Å². The van der Waals surface area contributed by atoms with Crippen molar-refractivity contribution in [3.63, 3.8) is 0 Å². The van der Waals surface area contributed by atoms with Gasteiger partial charge in [-0.1, -0.05) is 24.3 Å². The number of nitrogens with zero attached hydrogens (tertiary/aromatic N) is 1. The fourth-order valence-corrected chi connectivity index (χ4v) is 2.91. The van der Waals surface area contributed by atoms with Crippen LogP contribution in [0.1, 0.15) is 21.5 Å². The van der Waals surface area contributed by atoms with Crippen LogP contribution in [0.2, 0.25) is 0 Å². The Kier molecular flexibility index (Phi) is 7.16. The van der Waals surface area contributed by atoms with Crippen LogP contribution in [0.3, 0.4) is 0 Å². The minimum Gasteiger partial charge on any atom is -0.497 e. The molecule has 0 atom stereocenters. The van der Waals surface area contributed by atoms with E-state index in [0.717, 1.165) is 23.4 Å². The van der Waals surface area contributed by atoms with Gasteiger partial charge in [-0.25, -0.2) is 4.39 Å². The maximum absolute atomic E-state index is 12.9. The molecule has 0 radical (unpaired) electrons. The van der Waals surface area contributed by atoms with E-state index in [0.29, 0.717) is 25.1 Å². The molecule has 150 valence electrons. The molecule has 29 heavy (non-hydrogen) atoms. The number of hydrogen-bond acceptors (Lipinski definition) is 4. The van der Waals surface area contributed by atoms with Gasteiger partial charge in [0, 0.05) is 25.5 Å². The summed E-state index contributed by atoms with van der Waals surface area (Å²) >= 11 is 0. The Labute approximate surface area is 169 Å². The minimum atomic E-state index is -0.264. The Morgan fingerprint density at radius 2 is 1.79 bits per heavy atom. The molecule has 0 bridgehead atoms. The van der Waals surface area contributed by atoms with Gasteiger partial charge < -0.3 is 15.4 Å². The molecule has 3 aromatic rings. The van der Waals surface area contributed by atoms with Gasteiger partial charge >= 0.3 is 0 Å². The molecule has 0 spiro atoms. The molecule has 0 saturated carbocycles. The van der Waals surface area contributed by atoms with Crippen molar-refractivity contribution in [2.75, 3.05) is 25.5 Å². The molecular formula is C23H24FN3O2. The van der Waals surface area contributed by atoms with Crippen LogP contribution in [0.15, 0.2) is 67.0 Å². The second kappa shape index (κ2) is 10.2. The molecule has 0 unspecified atom stereocenters. The van der Waals surface area contributed by atoms with E-state index in [1.165, 1.54) is 17.7 Å². The fraction of sp³-hybridized carbons (Fsp3) is 0.217. The first-order valence-corrected chi connectivity index (χ1v) is 9.48. The lowest BCUT2D eigenvalue weighted by molar-refractivity contribution is 0.0954. The molecule has 0 aliphatic heterocycles. The zero-order chi connectivity index (χ0) is 20.5. The smallest absolute Gasteiger partial charge is 0.252 e. The number of carbonyl (C=O) groups excluding carboxylic acids is 1. The van der Waals surface area contributed by atoms with Crippen molar-refractivity contribution in [1.29, 1.82) is 0 Å². The van der Waals surface area contributed by atoms with E-state index in [-0.39, 0.29) is 11.7 Å². The highest BCUT2D eigenvalue weighted by molar-refractivity contribution is 5.94. The number of ether oxygens (including phenoxy) is 1. The van der Waals surface area contributed by atoms with Crippen LogP contribution in [-0.2, 0) is 12.8 Å². The van der Waals surface area contributed by atoms with Crippen molar-refractivity contribution in [2.24, 2.45) is 0 Å². The number of amides is 1. The van der Waals surface area contributed by atoms with Crippen LogP contribution >= 0.6 is 0 Å². The predicted octanol–water partition coefficient (Wildman–Crippen LogP) is 3.86. The Balaban J connectivity index is 1.47. The van der Waals surface area contributed by atoms with Gasteiger partial charge in [0.25, 0.3) is 5.91 Å². The second-order valence-electron chi connectivity index (χ2n) is 6.62. The summed E-state index contributed by atoms with van der Waals surface area (Å²) in [6, 6.07) is 16.0. The van der Waals surface area contributed by atoms with Crippen LogP contribution in [0.5, 0.6) is 5.75 Å². The molecule has 1 amide bonds. The fourth-order valence-electron chi connectivity index (χ4n) is 2.91. The lowest BCUT2D eigenvalue weighted by Crippen LogP contribution is -2.26. The highest BCUT2D eigenvalue weighted by atomic mass is 19.1. The number of hydrogen-bond donors (Lipinski definition) is 2. The summed E-state index contributed by atoms with van der Waals surface area (Å²) in [5.74, 6) is 0.388. The number of rotatable bonds is 9. The van der Waals surface area contributed by atoms with E-state index in [4.69, 9.17) is 4.74 Å². The Bertz CT molecular complexity index is 945. The summed E-state index contributed by atoms with van der Waals surface area (Å²) < 4.78 is 18.2. The molecular weight excluding hydrogens is 369 g/mol. The van der Waals surface area contributed by atoms with Gasteiger partial charge in [-0.2, -0.15) is 0 Å². The Morgan fingerprint density at radius 1 is 1.00 bits per heavy atom. The first-order valence-electron chi connectivity index (χ1n) is 9.48. The third kappa shape index (κ3) is 6.31. The average molecular weight is 393 g/mol. The highest BCUT2D eigenvalue weighted by Crippen LogP contribution is 2.14. The normalized spacial score (nSPS) is 10.4. The van der Waals surface area contributed by atoms with Crippen molar-refractivity contribution in [2.45, 2.75) is 12.8 Å². The van der Waals surface area contributed by atoms with Crippen molar-refractivity contribution in [3.05, 3.63) is 89.5 Å². The molecule has 1 heterocycles. The average Bonchev–Trinajstić information content (AvgIpc) is 2.75. The van der Waals surface area contributed by atoms with Crippen molar-refractivity contribution < 1.29 is 13.9 Å². The first kappa shape index (κ1) is 20.3. The number of aromatic nitrogens is 1. The van der Waals surface area contributed by atoms with Gasteiger partial charge in [0.15, 0.2) is 0 Å². The highest BCUT2D eigenvalue weighted by Gasteiger charge is 2.07. The summed E-state index contributed by atoms with van der Waals surface area (Å²) in [7, 11) is 1.65. The third-order valence-corrected chi connectivity index (χ3v) is 4.49. The number of methoxy groups -OCH3 is 1. The van der Waals surface area contributed by atoms with E-state index in [2.05, 4.69) is 15.6 Å². The second-order valence-corrected chi connectivity index (χ2v) is 6.62. The SMILES string of the molecule is COc1cccc(CCNc2cncc(C(=O)NCCc3ccc(F)cc3)c2)c1. The number of pyridine rings is 1. The summed E-state index contributed by atoms with van der Waals surface area (Å²) in [6.45, 7) is 1.18. The van der Waals surface area contributed by atoms with Crippen molar-refractivity contribution in [1.82, 2.24) is 10.3 Å². The topological polar surface area (TPSA) is 63.2 Å². The molecule has 0 aliphatic rings. The first-order chi connectivity index (χ1) is 14.1. The van der Waals surface area contributed by atoms with E-state index in [1.807, 2.05) is 24.3 Å². The number of halogens is 1. The van der Waals surface area contributed by atoms with Gasteiger partial charge in [0.2, 0.25) is 0 Å². The molecule has 0 fully saturated rings. The van der Waals surface area contributed by atoms with Crippen LogP contribution < -0.4 is 15.4 Å². The molecule has 3 rings (SSSR count). The molecule has 6 heteroatoms. The largest absolute Gasteiger partial charge is 0.497 e. The molecule has 0 aliphatic carbocycles. The lowest BCUT2D eigenvalue weighted by atomic mass is 10.1. The van der Waals surface area contributed by atoms with Crippen molar-refractivity contribution in [3.8, 4) is 5.75 Å². The minimum absolute atomic E-state index is 0.184. The van der Waals surface area contributed by atoms with Gasteiger partial charge in [-0.05, 0) is 54.3 Å². The standard InChI is InChI=1S/C23H24FN3O2/c1-29-22-4-2-3-18(13-22)10-11-26-21-14-19(15-25-16-21)23(28)27-12-9-17-5-7-20(24)8-6-17/h2-8,13-16,26H,9-12H2,1H3,(H,27,28). The summed E-state index contributed by atoms with van der Waals surface area (Å²) in [4.78, 5) is 16.5. The van der Waals surface area contributed by atoms with Crippen LogP contribution in [0.25, 0.3) is 0 Å². The Morgan fingerprint density at radius 3 is 2.59 bits per heavy atom. The van der Waals surface area contributed by atoms with Gasteiger partial charge in [0.05, 0.1) is 18.4 Å². The maximum atomic E-state index is 12.9. The van der Waals surface area contributed by atoms with Crippen LogP contribution in [0, 0.1) is 5.82 Å². The zero-order valence-electron chi connectivity index (χ0n) is 16.3. The van der Waals surface area contributed by atoms with Crippen molar-refractivity contribution >= 4 is 11.6 Å². The quantitative estimate of drug-likeness (QED) is 0.580. The molecule has 1 aromatic heterocycles. The molecule has 5 nitrogen and oxygen atoms in total. The van der Waals surface area contributed by atoms with Gasteiger partial charge in [-0.15, -0.1) is 0 Å².